The second-order valence-corrected chi connectivity index (χ2v) is 23.6. The Morgan fingerprint density at radius 2 is 0.625 bits per heavy atom. The number of rotatable bonds is 63. The molecule has 0 aromatic carbocycles. The van der Waals surface area contributed by atoms with Gasteiger partial charge in [0.2, 0.25) is 0 Å². The average molecular weight is 1050 g/mol. The first-order chi connectivity index (χ1) is 35.3. The van der Waals surface area contributed by atoms with Crippen molar-refractivity contribution in [2.45, 2.75) is 360 Å². The van der Waals surface area contributed by atoms with E-state index in [2.05, 4.69) is 13.8 Å². The van der Waals surface area contributed by atoms with Gasteiger partial charge >= 0.3 is 13.8 Å². The Morgan fingerprint density at radius 3 is 0.903 bits per heavy atom. The number of ether oxygens (including phenoxy) is 2. The highest BCUT2D eigenvalue weighted by Gasteiger charge is 2.26. The quantitative estimate of drug-likeness (QED) is 0.0309. The van der Waals surface area contributed by atoms with Gasteiger partial charge in [0.15, 0.2) is 0 Å². The lowest BCUT2D eigenvalue weighted by Crippen LogP contribution is -2.29. The van der Waals surface area contributed by atoms with E-state index in [1.165, 1.54) is 295 Å². The van der Waals surface area contributed by atoms with Crippen LogP contribution in [-0.4, -0.2) is 66.3 Å². The fourth-order valence-electron chi connectivity index (χ4n) is 9.95. The van der Waals surface area contributed by atoms with Crippen LogP contribution in [0.3, 0.4) is 0 Å². The molecular weight excluding hydrogens is 920 g/mol. The van der Waals surface area contributed by atoms with E-state index < -0.39 is 33.2 Å². The molecule has 0 saturated heterocycles. The normalized spacial score (nSPS) is 13.5. The van der Waals surface area contributed by atoms with Crippen LogP contribution in [0.15, 0.2) is 0 Å². The van der Waals surface area contributed by atoms with E-state index in [1.54, 1.807) is 0 Å². The number of hydrogen-bond acceptors (Lipinski definition) is 8. The minimum atomic E-state index is -4.52. The maximum absolute atomic E-state index is 12.8. The standard InChI is InChI=1S/C62H125O9P/c1-3-5-7-9-11-13-15-17-19-21-23-24-25-26-27-28-29-30-31-32-33-34-35-36-37-38-40-42-44-46-48-50-52-54-62(65)71-61(59-70-72(66,67)69-57-60(64)56-63)58-68-55-53-51-49-47-45-43-41-39-22-20-18-16-14-12-10-8-6-4-2/h60-61,63-64H,3-59H2,1-2H3,(H,66,67)/t60-,61+/m0/s1. The fraction of sp³-hybridized carbons (Fsp3) is 0.984. The first kappa shape index (κ1) is 71.5. The largest absolute Gasteiger partial charge is 0.472 e. The first-order valence-corrected chi connectivity index (χ1v) is 33.5. The molecule has 0 aliphatic heterocycles. The van der Waals surface area contributed by atoms with E-state index >= 15 is 0 Å². The molecule has 3 atom stereocenters. The summed E-state index contributed by atoms with van der Waals surface area (Å²) in [6.07, 6.45) is 66.9. The maximum atomic E-state index is 12.8. The Labute approximate surface area is 448 Å². The van der Waals surface area contributed by atoms with Gasteiger partial charge < -0.3 is 24.6 Å². The molecule has 0 spiro atoms. The Kier molecular flexibility index (Phi) is 59.3. The summed E-state index contributed by atoms with van der Waals surface area (Å²) in [7, 11) is -4.52. The molecule has 0 aliphatic rings. The van der Waals surface area contributed by atoms with E-state index in [1.807, 2.05) is 0 Å². The van der Waals surface area contributed by atoms with Crippen LogP contribution in [-0.2, 0) is 27.9 Å². The SMILES string of the molecule is CCCCCCCCCCCCCCCCCCCCCCCCCCCCCCCCCCCC(=O)O[C@H](COCCCCCCCCCCCCCCCCCCCC)COP(=O)(O)OC[C@@H](O)CO. The monoisotopic (exact) mass is 1040 g/mol. The molecule has 1 unspecified atom stereocenters. The molecule has 0 aromatic rings. The van der Waals surface area contributed by atoms with Crippen LogP contribution in [0.5, 0.6) is 0 Å². The van der Waals surface area contributed by atoms with Crippen molar-refractivity contribution in [1.29, 1.82) is 0 Å². The number of aliphatic hydroxyl groups excluding tert-OH is 2. The highest BCUT2D eigenvalue weighted by Crippen LogP contribution is 2.43. The van der Waals surface area contributed by atoms with E-state index in [0.717, 1.165) is 32.1 Å². The van der Waals surface area contributed by atoms with Crippen molar-refractivity contribution in [1.82, 2.24) is 0 Å². The zero-order valence-electron chi connectivity index (χ0n) is 48.2. The van der Waals surface area contributed by atoms with Crippen molar-refractivity contribution in [3.8, 4) is 0 Å². The summed E-state index contributed by atoms with van der Waals surface area (Å²) in [5, 5.41) is 18.5. The van der Waals surface area contributed by atoms with Gasteiger partial charge in [0.1, 0.15) is 12.2 Å². The van der Waals surface area contributed by atoms with Gasteiger partial charge in [-0.05, 0) is 12.8 Å². The van der Waals surface area contributed by atoms with Gasteiger partial charge in [0, 0.05) is 13.0 Å². The third-order valence-electron chi connectivity index (χ3n) is 14.8. The van der Waals surface area contributed by atoms with E-state index in [0.29, 0.717) is 6.61 Å². The van der Waals surface area contributed by atoms with Crippen LogP contribution in [0.4, 0.5) is 0 Å². The molecule has 0 aromatic heterocycles. The van der Waals surface area contributed by atoms with Crippen LogP contribution in [0.25, 0.3) is 0 Å². The fourth-order valence-corrected chi connectivity index (χ4v) is 10.7. The lowest BCUT2D eigenvalue weighted by molar-refractivity contribution is -0.154. The first-order valence-electron chi connectivity index (χ1n) is 32.0. The summed E-state index contributed by atoms with van der Waals surface area (Å²) in [6.45, 7) is 3.63. The van der Waals surface area contributed by atoms with Crippen molar-refractivity contribution in [2.75, 3.05) is 33.0 Å². The zero-order valence-corrected chi connectivity index (χ0v) is 49.1. The van der Waals surface area contributed by atoms with Crippen LogP contribution in [0.1, 0.15) is 348 Å². The Hall–Kier alpha value is -0.540. The lowest BCUT2D eigenvalue weighted by atomic mass is 10.0. The van der Waals surface area contributed by atoms with Crippen LogP contribution in [0.2, 0.25) is 0 Å². The highest BCUT2D eigenvalue weighted by atomic mass is 31.2. The van der Waals surface area contributed by atoms with Crippen LogP contribution < -0.4 is 0 Å². The second kappa shape index (κ2) is 59.7. The van der Waals surface area contributed by atoms with Gasteiger partial charge in [-0.15, -0.1) is 0 Å². The molecule has 3 N–H and O–H groups in total. The molecule has 432 valence electrons. The molecule has 0 saturated carbocycles. The number of phosphoric ester groups is 1. The van der Waals surface area contributed by atoms with Gasteiger partial charge in [-0.25, -0.2) is 4.57 Å². The van der Waals surface area contributed by atoms with Gasteiger partial charge in [-0.1, -0.05) is 328 Å². The molecule has 0 rings (SSSR count). The minimum Gasteiger partial charge on any atom is -0.457 e. The number of phosphoric acid groups is 1. The Morgan fingerprint density at radius 1 is 0.375 bits per heavy atom. The molecule has 0 radical (unpaired) electrons. The van der Waals surface area contributed by atoms with Crippen molar-refractivity contribution in [2.24, 2.45) is 0 Å². The zero-order chi connectivity index (χ0) is 52.4. The summed E-state index contributed by atoms with van der Waals surface area (Å²) < 4.78 is 33.7. The van der Waals surface area contributed by atoms with Gasteiger partial charge in [0.25, 0.3) is 0 Å². The molecule has 9 nitrogen and oxygen atoms in total. The number of hydrogen-bond donors (Lipinski definition) is 3. The summed E-state index contributed by atoms with van der Waals surface area (Å²) >= 11 is 0. The average Bonchev–Trinajstić information content (AvgIpc) is 3.37. The predicted molar refractivity (Wildman–Crippen MR) is 307 cm³/mol. The minimum absolute atomic E-state index is 0.0592. The van der Waals surface area contributed by atoms with Crippen molar-refractivity contribution >= 4 is 13.8 Å². The summed E-state index contributed by atoms with van der Waals surface area (Å²) in [5.74, 6) is -0.370. The number of esters is 1. The van der Waals surface area contributed by atoms with E-state index in [9.17, 15) is 19.4 Å². The maximum Gasteiger partial charge on any atom is 0.472 e. The van der Waals surface area contributed by atoms with Gasteiger partial charge in [0.05, 0.1) is 26.4 Å². The van der Waals surface area contributed by atoms with Gasteiger partial charge in [-0.3, -0.25) is 13.8 Å². The van der Waals surface area contributed by atoms with Crippen LogP contribution >= 0.6 is 7.82 Å². The third kappa shape index (κ3) is 58.7. The number of aliphatic hydroxyl groups is 2. The smallest absolute Gasteiger partial charge is 0.457 e. The summed E-state index contributed by atoms with van der Waals surface area (Å²) in [4.78, 5) is 22.8. The number of unbranched alkanes of at least 4 members (excludes halogenated alkanes) is 49. The topological polar surface area (TPSA) is 132 Å². The van der Waals surface area contributed by atoms with Crippen molar-refractivity contribution in [3.05, 3.63) is 0 Å². The highest BCUT2D eigenvalue weighted by molar-refractivity contribution is 7.47. The number of carbonyl (C=O) groups excluding carboxylic acids is 1. The predicted octanol–water partition coefficient (Wildman–Crippen LogP) is 19.7. The summed E-state index contributed by atoms with van der Waals surface area (Å²) in [5.41, 5.74) is 0. The number of carbonyl (C=O) groups is 1. The third-order valence-corrected chi connectivity index (χ3v) is 15.7. The Balaban J connectivity index is 3.81. The van der Waals surface area contributed by atoms with E-state index in [-0.39, 0.29) is 25.6 Å². The Bertz CT molecular complexity index is 1090. The van der Waals surface area contributed by atoms with Crippen molar-refractivity contribution < 1.29 is 43.0 Å². The molecule has 0 heterocycles. The molecule has 0 aliphatic carbocycles. The summed E-state index contributed by atoms with van der Waals surface area (Å²) in [6, 6.07) is 0. The molecular formula is C62H125O9P. The van der Waals surface area contributed by atoms with Gasteiger partial charge in [-0.2, -0.15) is 0 Å². The van der Waals surface area contributed by atoms with Crippen LogP contribution in [0, 0.1) is 0 Å². The molecule has 0 fully saturated rings. The molecule has 0 bridgehead atoms. The molecule has 72 heavy (non-hydrogen) atoms. The molecule has 10 heteroatoms. The van der Waals surface area contributed by atoms with E-state index in [4.69, 9.17) is 23.6 Å². The van der Waals surface area contributed by atoms with Crippen molar-refractivity contribution in [3.63, 3.8) is 0 Å². The molecule has 0 amide bonds. The lowest BCUT2D eigenvalue weighted by Gasteiger charge is -2.20. The second-order valence-electron chi connectivity index (χ2n) is 22.2.